The zero-order valence-corrected chi connectivity index (χ0v) is 7.36. The average molecular weight is 184 g/mol. The van der Waals surface area contributed by atoms with Gasteiger partial charge in [-0.2, -0.15) is 0 Å². The van der Waals surface area contributed by atoms with Crippen LogP contribution in [0.4, 0.5) is 0 Å². The number of aliphatic hydroxyl groups excluding tert-OH is 1. The molecule has 2 amide bonds. The van der Waals surface area contributed by atoms with E-state index in [1.165, 1.54) is 4.90 Å². The average Bonchev–Trinajstić information content (AvgIpc) is 2.44. The minimum atomic E-state index is -0.698. The van der Waals surface area contributed by atoms with E-state index in [4.69, 9.17) is 0 Å². The molecule has 5 nitrogen and oxygen atoms in total. The Morgan fingerprint density at radius 1 is 1.54 bits per heavy atom. The van der Waals surface area contributed by atoms with Crippen LogP contribution in [0, 0.1) is 0 Å². The van der Waals surface area contributed by atoms with Gasteiger partial charge >= 0.3 is 0 Å². The number of fused-ring (bicyclic) bond motifs is 1. The Kier molecular flexibility index (Phi) is 1.76. The predicted molar refractivity (Wildman–Crippen MR) is 43.7 cm³/mol. The summed E-state index contributed by atoms with van der Waals surface area (Å²) in [6.45, 7) is 2.14. The Balaban J connectivity index is 2.26. The minimum Gasteiger partial charge on any atom is -0.390 e. The first-order valence-electron chi connectivity index (χ1n) is 4.40. The van der Waals surface area contributed by atoms with Crippen molar-refractivity contribution in [1.29, 1.82) is 0 Å². The van der Waals surface area contributed by atoms with Gasteiger partial charge < -0.3 is 15.3 Å². The Morgan fingerprint density at radius 3 is 2.92 bits per heavy atom. The highest BCUT2D eigenvalue weighted by Gasteiger charge is 2.46. The Hall–Kier alpha value is -1.10. The first kappa shape index (κ1) is 8.50. The maximum atomic E-state index is 11.5. The van der Waals surface area contributed by atoms with Gasteiger partial charge in [0, 0.05) is 6.54 Å². The summed E-state index contributed by atoms with van der Waals surface area (Å²) in [5.74, 6) is -0.335. The highest BCUT2D eigenvalue weighted by molar-refractivity contribution is 5.97. The number of nitrogens with zero attached hydrogens (tertiary/aromatic N) is 1. The summed E-state index contributed by atoms with van der Waals surface area (Å²) in [6, 6.07) is -1.10. The highest BCUT2D eigenvalue weighted by Crippen LogP contribution is 2.22. The van der Waals surface area contributed by atoms with E-state index >= 15 is 0 Å². The first-order chi connectivity index (χ1) is 6.11. The molecule has 2 saturated heterocycles. The fraction of sp³-hybridized carbons (Fsp3) is 0.750. The van der Waals surface area contributed by atoms with Crippen molar-refractivity contribution in [2.75, 3.05) is 6.54 Å². The van der Waals surface area contributed by atoms with Crippen LogP contribution in [0.3, 0.4) is 0 Å². The number of nitrogens with one attached hydrogen (secondary N) is 1. The number of rotatable bonds is 0. The molecule has 0 radical (unpaired) electrons. The second-order valence-corrected chi connectivity index (χ2v) is 3.56. The quantitative estimate of drug-likeness (QED) is 0.479. The Labute approximate surface area is 75.7 Å². The van der Waals surface area contributed by atoms with Crippen molar-refractivity contribution in [3.63, 3.8) is 0 Å². The molecule has 0 aromatic heterocycles. The van der Waals surface area contributed by atoms with E-state index in [-0.39, 0.29) is 11.8 Å². The predicted octanol–water partition coefficient (Wildman–Crippen LogP) is -1.53. The first-order valence-corrected chi connectivity index (χ1v) is 4.40. The van der Waals surface area contributed by atoms with E-state index in [9.17, 15) is 14.7 Å². The summed E-state index contributed by atoms with van der Waals surface area (Å²) < 4.78 is 0. The summed E-state index contributed by atoms with van der Waals surface area (Å²) in [5.41, 5.74) is 0. The molecule has 13 heavy (non-hydrogen) atoms. The van der Waals surface area contributed by atoms with Crippen molar-refractivity contribution in [3.8, 4) is 0 Å². The SMILES string of the molecule is C[C@@H]1NC(=O)[C@@H]2C(O)CCN2C1=O. The van der Waals surface area contributed by atoms with E-state index in [1.54, 1.807) is 6.92 Å². The molecule has 0 aliphatic carbocycles. The van der Waals surface area contributed by atoms with Crippen LogP contribution in [0.25, 0.3) is 0 Å². The molecule has 0 aromatic rings. The van der Waals surface area contributed by atoms with E-state index in [0.29, 0.717) is 13.0 Å². The van der Waals surface area contributed by atoms with Crippen molar-refractivity contribution in [2.24, 2.45) is 0 Å². The van der Waals surface area contributed by atoms with Crippen molar-refractivity contribution >= 4 is 11.8 Å². The number of hydrogen-bond donors (Lipinski definition) is 2. The molecular weight excluding hydrogens is 172 g/mol. The number of aliphatic hydroxyl groups is 1. The molecular formula is C8H12N2O3. The standard InChI is InChI=1S/C8H12N2O3/c1-4-8(13)10-3-2-5(11)6(10)7(12)9-4/h4-6,11H,2-3H2,1H3,(H,9,12)/t4-,5?,6-/m0/s1. The topological polar surface area (TPSA) is 69.6 Å². The number of piperazine rings is 1. The molecule has 0 aromatic carbocycles. The third-order valence-electron chi connectivity index (χ3n) is 2.65. The Morgan fingerprint density at radius 2 is 2.23 bits per heavy atom. The molecule has 2 aliphatic heterocycles. The third-order valence-corrected chi connectivity index (χ3v) is 2.65. The number of carbonyl (C=O) groups is 2. The molecule has 0 saturated carbocycles. The van der Waals surface area contributed by atoms with Gasteiger partial charge in [0.15, 0.2) is 0 Å². The normalized spacial score (nSPS) is 38.9. The van der Waals surface area contributed by atoms with E-state index < -0.39 is 18.2 Å². The van der Waals surface area contributed by atoms with Crippen molar-refractivity contribution < 1.29 is 14.7 Å². The monoisotopic (exact) mass is 184 g/mol. The number of hydrogen-bond acceptors (Lipinski definition) is 3. The fourth-order valence-electron chi connectivity index (χ4n) is 1.95. The maximum absolute atomic E-state index is 11.5. The van der Waals surface area contributed by atoms with Crippen LogP contribution < -0.4 is 5.32 Å². The highest BCUT2D eigenvalue weighted by atomic mass is 16.3. The lowest BCUT2D eigenvalue weighted by Crippen LogP contribution is -2.62. The smallest absolute Gasteiger partial charge is 0.246 e. The van der Waals surface area contributed by atoms with Crippen LogP contribution in [-0.2, 0) is 9.59 Å². The van der Waals surface area contributed by atoms with Crippen LogP contribution in [-0.4, -0.2) is 46.6 Å². The van der Waals surface area contributed by atoms with Crippen molar-refractivity contribution in [2.45, 2.75) is 31.5 Å². The van der Waals surface area contributed by atoms with Crippen molar-refractivity contribution in [3.05, 3.63) is 0 Å². The molecule has 2 N–H and O–H groups in total. The van der Waals surface area contributed by atoms with Gasteiger partial charge in [0.05, 0.1) is 6.10 Å². The van der Waals surface area contributed by atoms with Crippen LogP contribution in [0.1, 0.15) is 13.3 Å². The summed E-state index contributed by atoms with van der Waals surface area (Å²) in [5, 5.41) is 12.0. The largest absolute Gasteiger partial charge is 0.390 e. The lowest BCUT2D eigenvalue weighted by Gasteiger charge is -2.33. The number of amides is 2. The molecule has 72 valence electrons. The van der Waals surface area contributed by atoms with E-state index in [0.717, 1.165) is 0 Å². The van der Waals surface area contributed by atoms with Gasteiger partial charge in [-0.25, -0.2) is 0 Å². The maximum Gasteiger partial charge on any atom is 0.246 e. The van der Waals surface area contributed by atoms with Gasteiger partial charge in [0.1, 0.15) is 12.1 Å². The molecule has 2 rings (SSSR count). The minimum absolute atomic E-state index is 0.0962. The lowest BCUT2D eigenvalue weighted by molar-refractivity contribution is -0.148. The van der Waals surface area contributed by atoms with E-state index in [2.05, 4.69) is 5.32 Å². The molecule has 3 atom stereocenters. The van der Waals surface area contributed by atoms with Gasteiger partial charge in [-0.3, -0.25) is 9.59 Å². The molecule has 5 heteroatoms. The van der Waals surface area contributed by atoms with Gasteiger partial charge in [-0.05, 0) is 13.3 Å². The van der Waals surface area contributed by atoms with Gasteiger partial charge in [-0.15, -0.1) is 0 Å². The molecule has 2 fully saturated rings. The molecule has 0 bridgehead atoms. The fourth-order valence-corrected chi connectivity index (χ4v) is 1.95. The van der Waals surface area contributed by atoms with Gasteiger partial charge in [0.25, 0.3) is 0 Å². The van der Waals surface area contributed by atoms with Crippen LogP contribution >= 0.6 is 0 Å². The molecule has 2 aliphatic rings. The zero-order chi connectivity index (χ0) is 9.59. The third kappa shape index (κ3) is 1.11. The van der Waals surface area contributed by atoms with E-state index in [1.807, 2.05) is 0 Å². The second kappa shape index (κ2) is 2.70. The van der Waals surface area contributed by atoms with Crippen LogP contribution in [0.5, 0.6) is 0 Å². The summed E-state index contributed by atoms with van der Waals surface area (Å²) in [6.07, 6.45) is -0.201. The van der Waals surface area contributed by atoms with Gasteiger partial charge in [-0.1, -0.05) is 0 Å². The van der Waals surface area contributed by atoms with Gasteiger partial charge in [0.2, 0.25) is 11.8 Å². The lowest BCUT2D eigenvalue weighted by atomic mass is 10.1. The summed E-state index contributed by atoms with van der Waals surface area (Å²) >= 11 is 0. The van der Waals surface area contributed by atoms with Crippen molar-refractivity contribution in [1.82, 2.24) is 10.2 Å². The summed E-state index contributed by atoms with van der Waals surface area (Å²) in [4.78, 5) is 24.3. The molecule has 2 heterocycles. The van der Waals surface area contributed by atoms with Crippen LogP contribution in [0.2, 0.25) is 0 Å². The summed E-state index contributed by atoms with van der Waals surface area (Å²) in [7, 11) is 0. The zero-order valence-electron chi connectivity index (χ0n) is 7.36. The molecule has 1 unspecified atom stereocenters. The van der Waals surface area contributed by atoms with Crippen LogP contribution in [0.15, 0.2) is 0 Å². The Bertz CT molecular complexity index is 266. The number of carbonyl (C=O) groups excluding carboxylic acids is 2. The molecule has 0 spiro atoms. The second-order valence-electron chi connectivity index (χ2n) is 3.56.